The smallest absolute Gasteiger partial charge is 0.368 e. The van der Waals surface area contributed by atoms with Crippen molar-refractivity contribution >= 4 is 15.2 Å². The molecule has 0 heterocycles. The minimum atomic E-state index is -5.41. The lowest BCUT2D eigenvalue weighted by atomic mass is 10.1. The fourth-order valence-electron chi connectivity index (χ4n) is 2.03. The molecule has 12 heteroatoms. The molecule has 0 fully saturated rings. The summed E-state index contributed by atoms with van der Waals surface area (Å²) in [5, 5.41) is 6.22. The van der Waals surface area contributed by atoms with Gasteiger partial charge in [-0.05, 0) is 19.3 Å². The number of aliphatic hydroxyl groups is 1. The lowest BCUT2D eigenvalue weighted by molar-refractivity contribution is -0.135. The summed E-state index contributed by atoms with van der Waals surface area (Å²) in [6.45, 7) is 0. The molecule has 0 aliphatic carbocycles. The summed E-state index contributed by atoms with van der Waals surface area (Å²) in [7, 11) is -10.8. The largest absolute Gasteiger partial charge is 0.389 e. The Labute approximate surface area is 132 Å². The number of halogens is 3. The second-order valence-electron chi connectivity index (χ2n) is 5.45. The van der Waals surface area contributed by atoms with Gasteiger partial charge in [-0.25, -0.2) is 0 Å². The van der Waals surface area contributed by atoms with E-state index in [1.165, 1.54) is 0 Å². The zero-order valence-electron chi connectivity index (χ0n) is 12.4. The predicted molar refractivity (Wildman–Crippen MR) is 76.6 cm³/mol. The van der Waals surface area contributed by atoms with Crippen LogP contribution in [0.1, 0.15) is 57.8 Å². The molecule has 0 aliphatic rings. The quantitative estimate of drug-likeness (QED) is 0.272. The maximum Gasteiger partial charge on any atom is 0.389 e. The second-order valence-corrected chi connectivity index (χ2v) is 9.46. The van der Waals surface area contributed by atoms with E-state index in [-0.39, 0.29) is 12.8 Å². The van der Waals surface area contributed by atoms with Gasteiger partial charge in [0.2, 0.25) is 0 Å². The van der Waals surface area contributed by atoms with Crippen molar-refractivity contribution in [1.82, 2.24) is 0 Å². The van der Waals surface area contributed by atoms with Crippen LogP contribution in [0, 0.1) is 0 Å². The average molecular weight is 386 g/mol. The van der Waals surface area contributed by atoms with Crippen LogP contribution < -0.4 is 0 Å². The summed E-state index contributed by atoms with van der Waals surface area (Å²) in [6.07, 6.45) is -3.26. The SMILES string of the molecule is O=P(O)(O)C(O)(CCCCCCCCCC(F)(F)F)P(=O)(O)O. The standard InChI is InChI=1S/C11H23F3O7P2/c12-10(13,14)8-6-4-2-1-3-5-7-9-11(15,22(16,17)18)23(19,20)21/h15H,1-9H2,(H2,16,17,18)(H2,19,20,21). The lowest BCUT2D eigenvalue weighted by Gasteiger charge is -2.29. The molecule has 0 atom stereocenters. The van der Waals surface area contributed by atoms with Crippen molar-refractivity contribution in [3.05, 3.63) is 0 Å². The Hall–Kier alpha value is 0.0500. The third-order valence-corrected chi connectivity index (χ3v) is 7.28. The summed E-state index contributed by atoms with van der Waals surface area (Å²) in [5.74, 6) is 0. The summed E-state index contributed by atoms with van der Waals surface area (Å²) < 4.78 is 57.8. The van der Waals surface area contributed by atoms with E-state index in [4.69, 9.17) is 19.6 Å². The summed E-state index contributed by atoms with van der Waals surface area (Å²) >= 11 is 0. The maximum atomic E-state index is 11.9. The molecule has 23 heavy (non-hydrogen) atoms. The van der Waals surface area contributed by atoms with Gasteiger partial charge in [0.05, 0.1) is 0 Å². The molecular weight excluding hydrogens is 363 g/mol. The summed E-state index contributed by atoms with van der Waals surface area (Å²) in [5.41, 5.74) is 0. The Bertz CT molecular complexity index is 421. The van der Waals surface area contributed by atoms with Gasteiger partial charge < -0.3 is 24.7 Å². The molecular formula is C11H23F3O7P2. The number of hydrogen-bond donors (Lipinski definition) is 5. The van der Waals surface area contributed by atoms with Gasteiger partial charge in [-0.1, -0.05) is 32.1 Å². The first-order valence-corrected chi connectivity index (χ1v) is 10.3. The molecule has 0 aromatic rings. The highest BCUT2D eigenvalue weighted by Crippen LogP contribution is 2.69. The van der Waals surface area contributed by atoms with Crippen LogP contribution in [0.5, 0.6) is 0 Å². The number of rotatable bonds is 11. The van der Waals surface area contributed by atoms with Gasteiger partial charge in [0.15, 0.2) is 0 Å². The van der Waals surface area contributed by atoms with E-state index in [2.05, 4.69) is 0 Å². The molecule has 5 N–H and O–H groups in total. The molecule has 0 spiro atoms. The van der Waals surface area contributed by atoms with Crippen molar-refractivity contribution in [2.75, 3.05) is 0 Å². The van der Waals surface area contributed by atoms with Crippen molar-refractivity contribution in [1.29, 1.82) is 0 Å². The van der Waals surface area contributed by atoms with Gasteiger partial charge in [-0.2, -0.15) is 13.2 Å². The minimum absolute atomic E-state index is 0.0186. The molecule has 0 saturated heterocycles. The second kappa shape index (κ2) is 8.94. The fourth-order valence-corrected chi connectivity index (χ4v) is 4.29. The van der Waals surface area contributed by atoms with Crippen molar-refractivity contribution in [3.8, 4) is 0 Å². The van der Waals surface area contributed by atoms with E-state index in [1.54, 1.807) is 0 Å². The van der Waals surface area contributed by atoms with Crippen LogP contribution in [0.3, 0.4) is 0 Å². The molecule has 140 valence electrons. The van der Waals surface area contributed by atoms with E-state index in [9.17, 15) is 27.4 Å². The topological polar surface area (TPSA) is 135 Å². The highest BCUT2D eigenvalue weighted by molar-refractivity contribution is 7.72. The fraction of sp³-hybridized carbons (Fsp3) is 1.00. The van der Waals surface area contributed by atoms with E-state index in [0.717, 1.165) is 0 Å². The maximum absolute atomic E-state index is 11.9. The Balaban J connectivity index is 3.99. The number of alkyl halides is 3. The van der Waals surface area contributed by atoms with Gasteiger partial charge in [-0.15, -0.1) is 0 Å². The highest BCUT2D eigenvalue weighted by atomic mass is 31.2. The Morgan fingerprint density at radius 1 is 0.652 bits per heavy atom. The third kappa shape index (κ3) is 8.63. The molecule has 0 unspecified atom stereocenters. The predicted octanol–water partition coefficient (Wildman–Crippen LogP) is 3.06. The van der Waals surface area contributed by atoms with Crippen LogP contribution in [0.4, 0.5) is 13.2 Å². The first-order chi connectivity index (χ1) is 10.2. The molecule has 7 nitrogen and oxygen atoms in total. The van der Waals surface area contributed by atoms with Gasteiger partial charge in [-0.3, -0.25) is 9.13 Å². The lowest BCUT2D eigenvalue weighted by Crippen LogP contribution is -2.28. The highest BCUT2D eigenvalue weighted by Gasteiger charge is 2.58. The normalized spacial score (nSPS) is 14.3. The van der Waals surface area contributed by atoms with Crippen LogP contribution in [-0.2, 0) is 9.13 Å². The van der Waals surface area contributed by atoms with Crippen LogP contribution in [0.15, 0.2) is 0 Å². The molecule has 0 bridgehead atoms. The molecule has 0 rings (SSSR count). The molecule has 0 amide bonds. The van der Waals surface area contributed by atoms with Gasteiger partial charge in [0.1, 0.15) is 0 Å². The van der Waals surface area contributed by atoms with Crippen LogP contribution >= 0.6 is 15.2 Å². The Morgan fingerprint density at radius 3 is 1.26 bits per heavy atom. The van der Waals surface area contributed by atoms with Crippen LogP contribution in [0.2, 0.25) is 0 Å². The van der Waals surface area contributed by atoms with Crippen LogP contribution in [0.25, 0.3) is 0 Å². The minimum Gasteiger partial charge on any atom is -0.368 e. The van der Waals surface area contributed by atoms with Crippen molar-refractivity contribution in [2.45, 2.75) is 69.0 Å². The zero-order chi connectivity index (χ0) is 18.4. The molecule has 0 aromatic heterocycles. The van der Waals surface area contributed by atoms with Gasteiger partial charge in [0.25, 0.3) is 5.08 Å². The van der Waals surface area contributed by atoms with E-state index >= 15 is 0 Å². The summed E-state index contributed by atoms with van der Waals surface area (Å²) in [6, 6.07) is 0. The first kappa shape index (κ1) is 23.1. The first-order valence-electron chi connectivity index (χ1n) is 7.11. The Morgan fingerprint density at radius 2 is 0.957 bits per heavy atom. The van der Waals surface area contributed by atoms with E-state index in [1.807, 2.05) is 0 Å². The zero-order valence-corrected chi connectivity index (χ0v) is 14.2. The molecule has 0 radical (unpaired) electrons. The molecule has 0 saturated carbocycles. The van der Waals surface area contributed by atoms with Gasteiger partial charge >= 0.3 is 21.4 Å². The summed E-state index contributed by atoms with van der Waals surface area (Å²) in [4.78, 5) is 35.7. The third-order valence-electron chi connectivity index (χ3n) is 3.41. The van der Waals surface area contributed by atoms with Crippen LogP contribution in [-0.4, -0.2) is 35.9 Å². The van der Waals surface area contributed by atoms with Crippen molar-refractivity contribution in [2.24, 2.45) is 0 Å². The number of hydrogen-bond acceptors (Lipinski definition) is 3. The Kier molecular flexibility index (Phi) is 8.96. The molecule has 0 aromatic carbocycles. The van der Waals surface area contributed by atoms with Crippen molar-refractivity contribution in [3.63, 3.8) is 0 Å². The van der Waals surface area contributed by atoms with Gasteiger partial charge in [0, 0.05) is 6.42 Å². The van der Waals surface area contributed by atoms with E-state index in [0.29, 0.717) is 32.1 Å². The van der Waals surface area contributed by atoms with Crippen molar-refractivity contribution < 1.29 is 47.0 Å². The number of unbranched alkanes of at least 4 members (excludes halogenated alkanes) is 6. The average Bonchev–Trinajstić information content (AvgIpc) is 2.32. The van der Waals surface area contributed by atoms with E-state index < -0.39 is 39.3 Å². The monoisotopic (exact) mass is 386 g/mol. The molecule has 0 aliphatic heterocycles.